The Kier molecular flexibility index (Phi) is 7.32. The van der Waals surface area contributed by atoms with E-state index in [9.17, 15) is 31.2 Å². The van der Waals surface area contributed by atoms with E-state index >= 15 is 0 Å². The predicted octanol–water partition coefficient (Wildman–Crippen LogP) is 4.44. The molecule has 9 nitrogen and oxygen atoms in total. The van der Waals surface area contributed by atoms with E-state index in [4.69, 9.17) is 9.47 Å². The highest BCUT2D eigenvalue weighted by molar-refractivity contribution is 7.92. The zero-order valence-electron chi connectivity index (χ0n) is 21.8. The zero-order chi connectivity index (χ0) is 29.4. The molecule has 2 atom stereocenters. The molecule has 3 aromatic rings. The molecule has 0 radical (unpaired) electrons. The van der Waals surface area contributed by atoms with E-state index in [-0.39, 0.29) is 41.0 Å². The molecular weight excluding hydrogens is 563 g/mol. The van der Waals surface area contributed by atoms with Crippen molar-refractivity contribution in [1.82, 2.24) is 5.32 Å². The van der Waals surface area contributed by atoms with Crippen molar-refractivity contribution in [2.45, 2.75) is 35.7 Å². The van der Waals surface area contributed by atoms with Crippen molar-refractivity contribution in [2.75, 3.05) is 29.3 Å². The van der Waals surface area contributed by atoms with Gasteiger partial charge in [0.1, 0.15) is 24.3 Å². The van der Waals surface area contributed by atoms with Gasteiger partial charge in [-0.1, -0.05) is 30.3 Å². The Bertz CT molecular complexity index is 1570. The number of anilines is 2. The topological polar surface area (TPSA) is 114 Å². The van der Waals surface area contributed by atoms with Crippen molar-refractivity contribution in [1.29, 1.82) is 0 Å². The van der Waals surface area contributed by atoms with Gasteiger partial charge in [0.2, 0.25) is 5.91 Å². The number of nitrogens with zero attached hydrogens (tertiary/aromatic N) is 1. The third kappa shape index (κ3) is 5.67. The molecule has 41 heavy (non-hydrogen) atoms. The summed E-state index contributed by atoms with van der Waals surface area (Å²) in [6.45, 7) is 0.576. The van der Waals surface area contributed by atoms with E-state index in [2.05, 4.69) is 10.6 Å². The number of rotatable bonds is 8. The van der Waals surface area contributed by atoms with Crippen LogP contribution in [0.3, 0.4) is 0 Å². The molecule has 13 heteroatoms. The molecule has 2 N–H and O–H groups in total. The number of nitrogens with one attached hydrogen (secondary N) is 2. The summed E-state index contributed by atoms with van der Waals surface area (Å²) in [6, 6.07) is 16.6. The SMILES string of the molecule is CC(=O)NC[C@H]1CN(S(=O)(=O)c2ccc(F)cc2)c2cc(NC(=O)OCC3(c4ccccc4)CC3(F)F)ccc2O1. The summed E-state index contributed by atoms with van der Waals surface area (Å²) in [5.41, 5.74) is -1.06. The van der Waals surface area contributed by atoms with Crippen LogP contribution in [0.1, 0.15) is 18.9 Å². The number of amides is 2. The van der Waals surface area contributed by atoms with Crippen molar-refractivity contribution < 1.29 is 40.7 Å². The largest absolute Gasteiger partial charge is 0.484 e. The van der Waals surface area contributed by atoms with Gasteiger partial charge in [0.25, 0.3) is 15.9 Å². The van der Waals surface area contributed by atoms with E-state index in [0.717, 1.165) is 28.6 Å². The second-order valence-electron chi connectivity index (χ2n) is 9.88. The van der Waals surface area contributed by atoms with E-state index in [1.54, 1.807) is 30.3 Å². The third-order valence-electron chi connectivity index (χ3n) is 6.99. The highest BCUT2D eigenvalue weighted by atomic mass is 32.2. The first-order chi connectivity index (χ1) is 19.4. The van der Waals surface area contributed by atoms with E-state index in [1.165, 1.54) is 25.1 Å². The van der Waals surface area contributed by atoms with Crippen LogP contribution in [-0.4, -0.2) is 52.1 Å². The summed E-state index contributed by atoms with van der Waals surface area (Å²) in [5, 5.41) is 5.04. The van der Waals surface area contributed by atoms with Gasteiger partial charge >= 0.3 is 6.09 Å². The number of halogens is 3. The van der Waals surface area contributed by atoms with Gasteiger partial charge in [0.05, 0.1) is 29.1 Å². The molecular formula is C28H26F3N3O6S. The summed E-state index contributed by atoms with van der Waals surface area (Å²) in [5.74, 6) is -3.82. The highest BCUT2D eigenvalue weighted by Gasteiger charge is 2.72. The summed E-state index contributed by atoms with van der Waals surface area (Å²) >= 11 is 0. The van der Waals surface area contributed by atoms with Crippen molar-refractivity contribution in [2.24, 2.45) is 0 Å². The lowest BCUT2D eigenvalue weighted by atomic mass is 9.96. The fraction of sp³-hybridized carbons (Fsp3) is 0.286. The molecule has 1 unspecified atom stereocenters. The molecule has 216 valence electrons. The minimum atomic E-state index is -4.23. The average molecular weight is 590 g/mol. The van der Waals surface area contributed by atoms with Gasteiger partial charge in [-0.15, -0.1) is 0 Å². The number of alkyl halides is 2. The standard InChI is InChI=1S/C28H26F3N3O6S/c1-18(35)32-14-22-15-34(41(37,38)23-10-7-20(29)8-11-23)24-13-21(9-12-25(24)40-22)33-26(36)39-17-27(16-28(27,30)31)19-5-3-2-4-6-19/h2-13,22H,14-17H2,1H3,(H,32,35)(H,33,36)/t22-,27?/m0/s1. The van der Waals surface area contributed by atoms with Crippen molar-refractivity contribution in [3.63, 3.8) is 0 Å². The third-order valence-corrected chi connectivity index (χ3v) is 8.79. The van der Waals surface area contributed by atoms with Crippen molar-refractivity contribution in [3.8, 4) is 5.75 Å². The molecule has 0 aromatic heterocycles. The Hall–Kier alpha value is -4.26. The second-order valence-corrected chi connectivity index (χ2v) is 11.7. The maximum atomic E-state index is 14.3. The predicted molar refractivity (Wildman–Crippen MR) is 143 cm³/mol. The maximum Gasteiger partial charge on any atom is 0.411 e. The van der Waals surface area contributed by atoms with Gasteiger partial charge in [-0.05, 0) is 48.0 Å². The van der Waals surface area contributed by atoms with E-state index in [1.807, 2.05) is 0 Å². The van der Waals surface area contributed by atoms with Crippen LogP contribution in [-0.2, 0) is 25.0 Å². The molecule has 0 saturated heterocycles. The molecule has 2 aliphatic rings. The van der Waals surface area contributed by atoms with Crippen molar-refractivity contribution in [3.05, 3.63) is 84.2 Å². The monoisotopic (exact) mass is 589 g/mol. The first-order valence-corrected chi connectivity index (χ1v) is 14.1. The quantitative estimate of drug-likeness (QED) is 0.402. The van der Waals surface area contributed by atoms with Crippen LogP contribution in [0.5, 0.6) is 5.75 Å². The smallest absolute Gasteiger partial charge is 0.411 e. The highest BCUT2D eigenvalue weighted by Crippen LogP contribution is 2.61. The van der Waals surface area contributed by atoms with Crippen LogP contribution in [0.25, 0.3) is 0 Å². The fourth-order valence-corrected chi connectivity index (χ4v) is 6.20. The summed E-state index contributed by atoms with van der Waals surface area (Å²) in [7, 11) is -4.23. The molecule has 3 aromatic carbocycles. The number of fused-ring (bicyclic) bond motifs is 1. The fourth-order valence-electron chi connectivity index (χ4n) is 4.70. The van der Waals surface area contributed by atoms with Gasteiger partial charge in [0.15, 0.2) is 0 Å². The average Bonchev–Trinajstić information content (AvgIpc) is 3.52. The second kappa shape index (κ2) is 10.6. The number of benzene rings is 3. The molecule has 0 bridgehead atoms. The van der Waals surface area contributed by atoms with Crippen molar-refractivity contribution >= 4 is 33.4 Å². The molecule has 1 aliphatic heterocycles. The van der Waals surface area contributed by atoms with Crippen LogP contribution < -0.4 is 19.7 Å². The van der Waals surface area contributed by atoms with Crippen LogP contribution >= 0.6 is 0 Å². The van der Waals surface area contributed by atoms with E-state index in [0.29, 0.717) is 5.56 Å². The van der Waals surface area contributed by atoms with Gasteiger partial charge in [-0.2, -0.15) is 0 Å². The molecule has 1 saturated carbocycles. The first kappa shape index (κ1) is 28.3. The number of sulfonamides is 1. The maximum absolute atomic E-state index is 14.3. The molecule has 1 heterocycles. The first-order valence-electron chi connectivity index (χ1n) is 12.6. The minimum Gasteiger partial charge on any atom is -0.484 e. The Labute approximate surface area is 234 Å². The summed E-state index contributed by atoms with van der Waals surface area (Å²) in [6.07, 6.45) is -2.21. The Morgan fingerprint density at radius 2 is 1.76 bits per heavy atom. The molecule has 2 amide bonds. The summed E-state index contributed by atoms with van der Waals surface area (Å²) in [4.78, 5) is 23.9. The lowest BCUT2D eigenvalue weighted by molar-refractivity contribution is -0.119. The van der Waals surface area contributed by atoms with Gasteiger partial charge in [-0.3, -0.25) is 14.4 Å². The zero-order valence-corrected chi connectivity index (χ0v) is 22.6. The Balaban J connectivity index is 1.37. The Morgan fingerprint density at radius 1 is 1.07 bits per heavy atom. The van der Waals surface area contributed by atoms with Gasteiger partial charge in [-0.25, -0.2) is 26.4 Å². The lowest BCUT2D eigenvalue weighted by Crippen LogP contribution is -2.48. The number of carbonyl (C=O) groups excluding carboxylic acids is 2. The molecule has 1 fully saturated rings. The normalized spacial score (nSPS) is 20.8. The summed E-state index contributed by atoms with van der Waals surface area (Å²) < 4.78 is 81.4. The van der Waals surface area contributed by atoms with E-state index < -0.39 is 52.4 Å². The van der Waals surface area contributed by atoms with Gasteiger partial charge < -0.3 is 14.8 Å². The van der Waals surface area contributed by atoms with Crippen LogP contribution in [0.15, 0.2) is 77.7 Å². The van der Waals surface area contributed by atoms with Gasteiger partial charge in [0, 0.05) is 19.0 Å². The Morgan fingerprint density at radius 3 is 2.39 bits per heavy atom. The number of carbonyl (C=O) groups is 2. The molecule has 0 spiro atoms. The van der Waals surface area contributed by atoms with Crippen LogP contribution in [0, 0.1) is 5.82 Å². The number of hydrogen-bond donors (Lipinski definition) is 2. The van der Waals surface area contributed by atoms with Crippen LogP contribution in [0.2, 0.25) is 0 Å². The van der Waals surface area contributed by atoms with Crippen LogP contribution in [0.4, 0.5) is 29.3 Å². The lowest BCUT2D eigenvalue weighted by Gasteiger charge is -2.35. The minimum absolute atomic E-state index is 0.0182. The number of ether oxygens (including phenoxy) is 2. The molecule has 5 rings (SSSR count). The molecule has 1 aliphatic carbocycles. The number of hydrogen-bond acceptors (Lipinski definition) is 6.